The Balaban J connectivity index is 2.35. The van der Waals surface area contributed by atoms with E-state index in [0.29, 0.717) is 16.0 Å². The van der Waals surface area contributed by atoms with E-state index in [2.05, 4.69) is 36.8 Å². The molecule has 108 valence electrons. The van der Waals surface area contributed by atoms with Gasteiger partial charge < -0.3 is 0 Å². The molecule has 0 aliphatic heterocycles. The molecule has 1 heterocycles. The number of alkyl halides is 1. The predicted molar refractivity (Wildman–Crippen MR) is 90.7 cm³/mol. The van der Waals surface area contributed by atoms with Crippen LogP contribution in [0.2, 0.25) is 0 Å². The van der Waals surface area contributed by atoms with E-state index in [1.54, 1.807) is 6.07 Å². The Kier molecular flexibility index (Phi) is 4.08. The molecular formula is C15H10Br2ClFN2. The molecule has 1 aromatic heterocycles. The van der Waals surface area contributed by atoms with Crippen LogP contribution in [0.25, 0.3) is 16.7 Å². The third kappa shape index (κ3) is 2.74. The van der Waals surface area contributed by atoms with Gasteiger partial charge in [0.1, 0.15) is 11.6 Å². The van der Waals surface area contributed by atoms with Crippen LogP contribution < -0.4 is 0 Å². The molecule has 0 saturated carbocycles. The van der Waals surface area contributed by atoms with Gasteiger partial charge in [0.05, 0.1) is 26.6 Å². The van der Waals surface area contributed by atoms with Gasteiger partial charge in [-0.25, -0.2) is 9.37 Å². The number of fused-ring (bicyclic) bond motifs is 1. The summed E-state index contributed by atoms with van der Waals surface area (Å²) in [5.41, 5.74) is 2.40. The third-order valence-corrected chi connectivity index (χ3v) is 4.49. The Morgan fingerprint density at radius 1 is 1.19 bits per heavy atom. The van der Waals surface area contributed by atoms with E-state index >= 15 is 0 Å². The van der Waals surface area contributed by atoms with Crippen LogP contribution >= 0.6 is 43.5 Å². The minimum Gasteiger partial charge on any atom is -0.295 e. The fourth-order valence-electron chi connectivity index (χ4n) is 2.23. The van der Waals surface area contributed by atoms with Crippen LogP contribution in [0.15, 0.2) is 45.3 Å². The molecule has 6 heteroatoms. The van der Waals surface area contributed by atoms with Crippen LogP contribution in [-0.2, 0) is 0 Å². The van der Waals surface area contributed by atoms with E-state index in [0.717, 1.165) is 15.5 Å². The van der Waals surface area contributed by atoms with E-state index < -0.39 is 0 Å². The number of rotatable bonds is 2. The summed E-state index contributed by atoms with van der Waals surface area (Å²) in [4.78, 5) is 4.56. The van der Waals surface area contributed by atoms with Gasteiger partial charge in [-0.2, -0.15) is 0 Å². The van der Waals surface area contributed by atoms with Gasteiger partial charge in [-0.15, -0.1) is 11.6 Å². The van der Waals surface area contributed by atoms with Gasteiger partial charge in [0.2, 0.25) is 0 Å². The fourth-order valence-corrected chi connectivity index (χ4v) is 2.97. The maximum atomic E-state index is 13.9. The smallest absolute Gasteiger partial charge is 0.139 e. The molecule has 0 N–H and O–H groups in total. The van der Waals surface area contributed by atoms with Crippen LogP contribution in [0.5, 0.6) is 0 Å². The topological polar surface area (TPSA) is 17.8 Å². The first-order chi connectivity index (χ1) is 9.97. The minimum atomic E-state index is -0.322. The molecular weight excluding hydrogens is 422 g/mol. The minimum absolute atomic E-state index is 0.289. The lowest BCUT2D eigenvalue weighted by atomic mass is 10.2. The molecule has 1 unspecified atom stereocenters. The van der Waals surface area contributed by atoms with Crippen LogP contribution in [0.4, 0.5) is 4.39 Å². The Bertz CT molecular complexity index is 830. The number of benzene rings is 2. The molecule has 3 aromatic rings. The van der Waals surface area contributed by atoms with Gasteiger partial charge in [-0.1, -0.05) is 15.9 Å². The molecule has 0 bridgehead atoms. The van der Waals surface area contributed by atoms with Crippen molar-refractivity contribution in [2.45, 2.75) is 12.3 Å². The predicted octanol–water partition coefficient (Wildman–Crippen LogP) is 5.99. The van der Waals surface area contributed by atoms with Gasteiger partial charge in [-0.3, -0.25) is 4.57 Å². The number of halogens is 4. The van der Waals surface area contributed by atoms with E-state index in [1.807, 2.05) is 35.8 Å². The molecule has 3 rings (SSSR count). The number of hydrogen-bond donors (Lipinski definition) is 0. The summed E-state index contributed by atoms with van der Waals surface area (Å²) in [5.74, 6) is 0.365. The van der Waals surface area contributed by atoms with Crippen molar-refractivity contribution < 1.29 is 4.39 Å². The van der Waals surface area contributed by atoms with Gasteiger partial charge >= 0.3 is 0 Å². The van der Waals surface area contributed by atoms with Crippen molar-refractivity contribution in [3.05, 3.63) is 57.0 Å². The van der Waals surface area contributed by atoms with E-state index in [-0.39, 0.29) is 11.2 Å². The molecule has 0 fully saturated rings. The molecule has 0 amide bonds. The summed E-state index contributed by atoms with van der Waals surface area (Å²) < 4.78 is 17.1. The first-order valence-electron chi connectivity index (χ1n) is 6.25. The summed E-state index contributed by atoms with van der Waals surface area (Å²) in [6, 6.07) is 10.8. The van der Waals surface area contributed by atoms with E-state index in [9.17, 15) is 4.39 Å². The zero-order chi connectivity index (χ0) is 15.1. The van der Waals surface area contributed by atoms with Crippen molar-refractivity contribution in [3.63, 3.8) is 0 Å². The number of imidazole rings is 1. The highest BCUT2D eigenvalue weighted by molar-refractivity contribution is 9.10. The van der Waals surface area contributed by atoms with Crippen molar-refractivity contribution >= 4 is 54.5 Å². The lowest BCUT2D eigenvalue weighted by Gasteiger charge is -2.11. The van der Waals surface area contributed by atoms with Crippen LogP contribution in [0.3, 0.4) is 0 Å². The second-order valence-electron chi connectivity index (χ2n) is 4.65. The van der Waals surface area contributed by atoms with Gasteiger partial charge in [0.15, 0.2) is 0 Å². The van der Waals surface area contributed by atoms with Gasteiger partial charge in [0, 0.05) is 4.47 Å². The highest BCUT2D eigenvalue weighted by atomic mass is 79.9. The lowest BCUT2D eigenvalue weighted by Crippen LogP contribution is -2.02. The average molecular weight is 433 g/mol. The van der Waals surface area contributed by atoms with Gasteiger partial charge in [-0.05, 0) is 59.3 Å². The maximum Gasteiger partial charge on any atom is 0.139 e. The Morgan fingerprint density at radius 3 is 2.62 bits per heavy atom. The summed E-state index contributed by atoms with van der Waals surface area (Å²) >= 11 is 12.9. The first-order valence-corrected chi connectivity index (χ1v) is 8.27. The van der Waals surface area contributed by atoms with Crippen molar-refractivity contribution in [2.75, 3.05) is 0 Å². The van der Waals surface area contributed by atoms with Crippen LogP contribution in [0.1, 0.15) is 18.1 Å². The van der Waals surface area contributed by atoms with Gasteiger partial charge in [0.25, 0.3) is 0 Å². The van der Waals surface area contributed by atoms with Crippen molar-refractivity contribution in [3.8, 4) is 5.69 Å². The zero-order valence-electron chi connectivity index (χ0n) is 10.9. The molecule has 0 aliphatic carbocycles. The average Bonchev–Trinajstić information content (AvgIpc) is 2.80. The Labute approximate surface area is 143 Å². The highest BCUT2D eigenvalue weighted by Gasteiger charge is 2.17. The number of aromatic nitrogens is 2. The summed E-state index contributed by atoms with van der Waals surface area (Å²) in [7, 11) is 0. The summed E-state index contributed by atoms with van der Waals surface area (Å²) in [6.45, 7) is 1.85. The maximum absolute atomic E-state index is 13.9. The second-order valence-corrected chi connectivity index (χ2v) is 7.08. The Hall–Kier alpha value is -0.910. The normalized spacial score (nSPS) is 12.8. The molecule has 21 heavy (non-hydrogen) atoms. The van der Waals surface area contributed by atoms with Crippen molar-refractivity contribution in [1.82, 2.24) is 9.55 Å². The Morgan fingerprint density at radius 2 is 1.95 bits per heavy atom. The second kappa shape index (κ2) is 5.71. The highest BCUT2D eigenvalue weighted by Crippen LogP contribution is 2.31. The molecule has 0 radical (unpaired) electrons. The standard InChI is InChI=1S/C15H10Br2ClFN2/c1-8(18)15-20-13-5-2-9(16)6-14(13)21(15)10-3-4-11(17)12(19)7-10/h2-8H,1H3. The fraction of sp³-hybridized carbons (Fsp3) is 0.133. The number of nitrogens with zero attached hydrogens (tertiary/aromatic N) is 2. The largest absolute Gasteiger partial charge is 0.295 e. The molecule has 0 saturated heterocycles. The molecule has 2 aromatic carbocycles. The molecule has 2 nitrogen and oxygen atoms in total. The lowest BCUT2D eigenvalue weighted by molar-refractivity contribution is 0.619. The van der Waals surface area contributed by atoms with Crippen LogP contribution in [-0.4, -0.2) is 9.55 Å². The van der Waals surface area contributed by atoms with Crippen LogP contribution in [0, 0.1) is 5.82 Å². The quantitative estimate of drug-likeness (QED) is 0.455. The zero-order valence-corrected chi connectivity index (χ0v) is 14.9. The summed E-state index contributed by atoms with van der Waals surface area (Å²) in [6.07, 6.45) is 0. The third-order valence-electron chi connectivity index (χ3n) is 3.16. The van der Waals surface area contributed by atoms with Crippen molar-refractivity contribution in [1.29, 1.82) is 0 Å². The molecule has 1 atom stereocenters. The number of hydrogen-bond acceptors (Lipinski definition) is 1. The first kappa shape index (κ1) is 15.0. The molecule has 0 spiro atoms. The molecule has 0 aliphatic rings. The SMILES string of the molecule is CC(Cl)c1nc2ccc(Br)cc2n1-c1ccc(Br)c(F)c1. The summed E-state index contributed by atoms with van der Waals surface area (Å²) in [5, 5.41) is -0.289. The monoisotopic (exact) mass is 430 g/mol. The van der Waals surface area contributed by atoms with Crippen molar-refractivity contribution in [2.24, 2.45) is 0 Å². The van der Waals surface area contributed by atoms with E-state index in [4.69, 9.17) is 11.6 Å². The van der Waals surface area contributed by atoms with E-state index in [1.165, 1.54) is 6.07 Å².